The molecule has 3 N–H and O–H groups in total. The second kappa shape index (κ2) is 8.48. The second-order valence-electron chi connectivity index (χ2n) is 5.77. The van der Waals surface area contributed by atoms with Gasteiger partial charge in [0.25, 0.3) is 0 Å². The maximum absolute atomic E-state index is 12.5. The van der Waals surface area contributed by atoms with Gasteiger partial charge in [0.1, 0.15) is 5.54 Å². The molecule has 2 aromatic rings. The first-order valence-corrected chi connectivity index (χ1v) is 8.08. The zero-order valence-electron chi connectivity index (χ0n) is 13.3. The van der Waals surface area contributed by atoms with Crippen LogP contribution in [0, 0.1) is 0 Å². The predicted octanol–water partition coefficient (Wildman–Crippen LogP) is 3.79. The lowest BCUT2D eigenvalue weighted by Crippen LogP contribution is -2.51. The molecule has 0 heterocycles. The highest BCUT2D eigenvalue weighted by molar-refractivity contribution is 9.10. The summed E-state index contributed by atoms with van der Waals surface area (Å²) in [7, 11) is 0. The van der Waals surface area contributed by atoms with E-state index in [1.165, 1.54) is 5.56 Å². The maximum atomic E-state index is 12.5. The van der Waals surface area contributed by atoms with Crippen LogP contribution in [-0.2, 0) is 16.8 Å². The summed E-state index contributed by atoms with van der Waals surface area (Å²) in [6, 6.07) is 17.5. The average molecular weight is 398 g/mol. The Labute approximate surface area is 152 Å². The Bertz CT molecular complexity index is 629. The zero-order valence-corrected chi connectivity index (χ0v) is 15.7. The topological polar surface area (TPSA) is 55.1 Å². The molecule has 0 saturated carbocycles. The molecule has 2 atom stereocenters. The van der Waals surface area contributed by atoms with Gasteiger partial charge in [0.05, 0.1) is 0 Å². The van der Waals surface area contributed by atoms with Crippen molar-refractivity contribution in [3.63, 3.8) is 0 Å². The summed E-state index contributed by atoms with van der Waals surface area (Å²) in [5.41, 5.74) is 7.18. The summed E-state index contributed by atoms with van der Waals surface area (Å²) in [6.45, 7) is 3.73. The van der Waals surface area contributed by atoms with Crippen LogP contribution in [0.2, 0.25) is 0 Å². The van der Waals surface area contributed by atoms with E-state index < -0.39 is 5.54 Å². The van der Waals surface area contributed by atoms with Gasteiger partial charge >= 0.3 is 0 Å². The van der Waals surface area contributed by atoms with Gasteiger partial charge in [0.2, 0.25) is 5.91 Å². The van der Waals surface area contributed by atoms with Crippen molar-refractivity contribution in [3.05, 3.63) is 70.2 Å². The Morgan fingerprint density at radius 2 is 1.74 bits per heavy atom. The quantitative estimate of drug-likeness (QED) is 0.806. The first-order valence-electron chi connectivity index (χ1n) is 7.29. The molecule has 5 heteroatoms. The van der Waals surface area contributed by atoms with Crippen LogP contribution >= 0.6 is 28.3 Å². The van der Waals surface area contributed by atoms with Crippen molar-refractivity contribution in [3.8, 4) is 0 Å². The number of hydrogen-bond donors (Lipinski definition) is 2. The largest absolute Gasteiger partial charge is 0.351 e. The first kappa shape index (κ1) is 19.7. The molecule has 2 aromatic carbocycles. The third-order valence-electron chi connectivity index (χ3n) is 3.68. The van der Waals surface area contributed by atoms with E-state index in [4.69, 9.17) is 5.73 Å². The lowest BCUT2D eigenvalue weighted by molar-refractivity contribution is -0.126. The lowest BCUT2D eigenvalue weighted by atomic mass is 9.92. The molecule has 0 fully saturated rings. The second-order valence-corrected chi connectivity index (χ2v) is 6.69. The highest BCUT2D eigenvalue weighted by Gasteiger charge is 2.30. The summed E-state index contributed by atoms with van der Waals surface area (Å²) in [5, 5.41) is 3.01. The number of carbonyl (C=O) groups is 1. The number of hydrogen-bond acceptors (Lipinski definition) is 2. The minimum absolute atomic E-state index is 0. The van der Waals surface area contributed by atoms with Gasteiger partial charge in [-0.15, -0.1) is 12.4 Å². The fourth-order valence-corrected chi connectivity index (χ4v) is 2.58. The fraction of sp³-hybridized carbons (Fsp3) is 0.278. The van der Waals surface area contributed by atoms with E-state index in [-0.39, 0.29) is 24.4 Å². The van der Waals surface area contributed by atoms with Gasteiger partial charge in [-0.1, -0.05) is 58.4 Å². The predicted molar refractivity (Wildman–Crippen MR) is 101 cm³/mol. The van der Waals surface area contributed by atoms with Crippen molar-refractivity contribution < 1.29 is 4.79 Å². The van der Waals surface area contributed by atoms with Crippen LogP contribution in [0.1, 0.15) is 25.0 Å². The van der Waals surface area contributed by atoms with Gasteiger partial charge in [-0.2, -0.15) is 0 Å². The van der Waals surface area contributed by atoms with Crippen LogP contribution in [0.4, 0.5) is 0 Å². The summed E-state index contributed by atoms with van der Waals surface area (Å²) in [6.07, 6.45) is 0.768. The standard InChI is InChI=1S/C18H21BrN2O.ClH/c1-13(12-14-8-10-16(19)11-9-14)21-17(22)18(2,20)15-6-4-3-5-7-15;/h3-11,13H,12,20H2,1-2H3,(H,21,22);1H. The number of amides is 1. The smallest absolute Gasteiger partial charge is 0.244 e. The highest BCUT2D eigenvalue weighted by atomic mass is 79.9. The van der Waals surface area contributed by atoms with E-state index >= 15 is 0 Å². The molecular weight excluding hydrogens is 376 g/mol. The highest BCUT2D eigenvalue weighted by Crippen LogP contribution is 2.18. The molecule has 0 radical (unpaired) electrons. The molecular formula is C18H22BrClN2O. The Hall–Kier alpha value is -1.36. The summed E-state index contributed by atoms with van der Waals surface area (Å²) in [4.78, 5) is 12.5. The monoisotopic (exact) mass is 396 g/mol. The normalized spacial score (nSPS) is 14.3. The Kier molecular flexibility index (Phi) is 7.26. The lowest BCUT2D eigenvalue weighted by Gasteiger charge is -2.26. The minimum Gasteiger partial charge on any atom is -0.351 e. The SMILES string of the molecule is CC(Cc1ccc(Br)cc1)NC(=O)C(C)(N)c1ccccc1.Cl. The Morgan fingerprint density at radius 3 is 2.30 bits per heavy atom. The number of nitrogens with one attached hydrogen (secondary N) is 1. The average Bonchev–Trinajstić information content (AvgIpc) is 2.50. The van der Waals surface area contributed by atoms with Gasteiger partial charge in [0.15, 0.2) is 0 Å². The van der Waals surface area contributed by atoms with Gasteiger partial charge in [0, 0.05) is 10.5 Å². The molecule has 0 aliphatic heterocycles. The van der Waals surface area contributed by atoms with Crippen LogP contribution in [-0.4, -0.2) is 11.9 Å². The van der Waals surface area contributed by atoms with Crippen LogP contribution in [0.5, 0.6) is 0 Å². The Morgan fingerprint density at radius 1 is 1.17 bits per heavy atom. The zero-order chi connectivity index (χ0) is 16.2. The van der Waals surface area contributed by atoms with Crippen molar-refractivity contribution >= 4 is 34.2 Å². The van der Waals surface area contributed by atoms with E-state index in [1.807, 2.05) is 61.5 Å². The first-order chi connectivity index (χ1) is 10.4. The van der Waals surface area contributed by atoms with E-state index in [2.05, 4.69) is 21.2 Å². The van der Waals surface area contributed by atoms with Gasteiger partial charge < -0.3 is 11.1 Å². The minimum atomic E-state index is -1.03. The molecule has 0 aromatic heterocycles. The molecule has 2 rings (SSSR count). The number of halogens is 2. The third kappa shape index (κ3) is 5.34. The number of benzene rings is 2. The van der Waals surface area contributed by atoms with Crippen LogP contribution in [0.15, 0.2) is 59.1 Å². The van der Waals surface area contributed by atoms with Crippen LogP contribution < -0.4 is 11.1 Å². The van der Waals surface area contributed by atoms with Gasteiger partial charge in [-0.05, 0) is 43.5 Å². The summed E-state index contributed by atoms with van der Waals surface area (Å²) in [5.74, 6) is -0.164. The molecule has 124 valence electrons. The van der Waals surface area contributed by atoms with Gasteiger partial charge in [-0.25, -0.2) is 0 Å². The number of rotatable bonds is 5. The van der Waals surface area contributed by atoms with Crippen LogP contribution in [0.25, 0.3) is 0 Å². The molecule has 3 nitrogen and oxygen atoms in total. The van der Waals surface area contributed by atoms with Crippen LogP contribution in [0.3, 0.4) is 0 Å². The van der Waals surface area contributed by atoms with E-state index in [9.17, 15) is 4.79 Å². The molecule has 0 spiro atoms. The van der Waals surface area contributed by atoms with Crippen molar-refractivity contribution in [1.82, 2.24) is 5.32 Å². The van der Waals surface area contributed by atoms with E-state index in [0.717, 1.165) is 16.5 Å². The molecule has 0 aliphatic rings. The Balaban J connectivity index is 0.00000264. The molecule has 23 heavy (non-hydrogen) atoms. The molecule has 0 bridgehead atoms. The van der Waals surface area contributed by atoms with E-state index in [1.54, 1.807) is 6.92 Å². The van der Waals surface area contributed by atoms with Crippen molar-refractivity contribution in [2.45, 2.75) is 31.8 Å². The molecule has 2 unspecified atom stereocenters. The fourth-order valence-electron chi connectivity index (χ4n) is 2.31. The van der Waals surface area contributed by atoms with Gasteiger partial charge in [-0.3, -0.25) is 4.79 Å². The van der Waals surface area contributed by atoms with Crippen molar-refractivity contribution in [1.29, 1.82) is 0 Å². The number of nitrogens with two attached hydrogens (primary N) is 1. The molecule has 0 saturated heterocycles. The van der Waals surface area contributed by atoms with E-state index in [0.29, 0.717) is 0 Å². The van der Waals surface area contributed by atoms with Crippen molar-refractivity contribution in [2.24, 2.45) is 5.73 Å². The summed E-state index contributed by atoms with van der Waals surface area (Å²) >= 11 is 3.42. The molecule has 0 aliphatic carbocycles. The van der Waals surface area contributed by atoms with Crippen molar-refractivity contribution in [2.75, 3.05) is 0 Å². The molecule has 1 amide bonds. The summed E-state index contributed by atoms with van der Waals surface area (Å²) < 4.78 is 1.05. The number of carbonyl (C=O) groups excluding carboxylic acids is 1. The third-order valence-corrected chi connectivity index (χ3v) is 4.21. The maximum Gasteiger partial charge on any atom is 0.244 e.